The third kappa shape index (κ3) is 5.24. The van der Waals surface area contributed by atoms with Gasteiger partial charge in [0.2, 0.25) is 5.91 Å². The van der Waals surface area contributed by atoms with E-state index >= 15 is 0 Å². The molecule has 1 saturated heterocycles. The second-order valence-electron chi connectivity index (χ2n) is 7.28. The van der Waals surface area contributed by atoms with Gasteiger partial charge in [0, 0.05) is 49.1 Å². The molecular weight excluding hydrogens is 434 g/mol. The standard InChI is InChI=1S/C23H22ClN3O3S/c1-16(28)26-9-11-27(12-10-26)23(29)21-15-31-22(25-21)18-3-2-4-20(13-18)30-14-17-5-7-19(24)8-6-17/h2-8,13,15H,9-12,14H2,1H3. The van der Waals surface area contributed by atoms with Crippen molar-refractivity contribution >= 4 is 34.8 Å². The Morgan fingerprint density at radius 2 is 1.77 bits per heavy atom. The molecule has 31 heavy (non-hydrogen) atoms. The lowest BCUT2D eigenvalue weighted by atomic mass is 10.2. The van der Waals surface area contributed by atoms with E-state index in [0.29, 0.717) is 43.5 Å². The third-order valence-corrected chi connectivity index (χ3v) is 6.28. The molecule has 1 aromatic heterocycles. The summed E-state index contributed by atoms with van der Waals surface area (Å²) in [5.41, 5.74) is 2.37. The number of ether oxygens (including phenoxy) is 1. The SMILES string of the molecule is CC(=O)N1CCN(C(=O)c2csc(-c3cccc(OCc4ccc(Cl)cc4)c3)n2)CC1. The van der Waals surface area contributed by atoms with Crippen LogP contribution in [0.1, 0.15) is 23.0 Å². The fraction of sp³-hybridized carbons (Fsp3) is 0.261. The maximum Gasteiger partial charge on any atom is 0.273 e. The van der Waals surface area contributed by atoms with Crippen LogP contribution in [-0.4, -0.2) is 52.8 Å². The van der Waals surface area contributed by atoms with Gasteiger partial charge in [0.25, 0.3) is 5.91 Å². The lowest BCUT2D eigenvalue weighted by molar-refractivity contribution is -0.130. The number of carbonyl (C=O) groups is 2. The van der Waals surface area contributed by atoms with Crippen LogP contribution in [0.2, 0.25) is 5.02 Å². The van der Waals surface area contributed by atoms with Gasteiger partial charge in [0.1, 0.15) is 23.1 Å². The molecule has 0 unspecified atom stereocenters. The van der Waals surface area contributed by atoms with Crippen LogP contribution in [0.3, 0.4) is 0 Å². The van der Waals surface area contributed by atoms with E-state index in [0.717, 1.165) is 21.9 Å². The van der Waals surface area contributed by atoms with Gasteiger partial charge in [-0.05, 0) is 29.8 Å². The zero-order valence-electron chi connectivity index (χ0n) is 17.1. The highest BCUT2D eigenvalue weighted by Gasteiger charge is 2.25. The van der Waals surface area contributed by atoms with Crippen molar-refractivity contribution < 1.29 is 14.3 Å². The minimum Gasteiger partial charge on any atom is -0.489 e. The molecule has 4 rings (SSSR count). The first-order valence-electron chi connectivity index (χ1n) is 9.97. The van der Waals surface area contributed by atoms with Crippen LogP contribution < -0.4 is 4.74 Å². The number of rotatable bonds is 5. The molecule has 1 aliphatic heterocycles. The van der Waals surface area contributed by atoms with E-state index in [4.69, 9.17) is 16.3 Å². The molecule has 2 amide bonds. The van der Waals surface area contributed by atoms with Crippen LogP contribution in [0.25, 0.3) is 10.6 Å². The first-order chi connectivity index (χ1) is 15.0. The summed E-state index contributed by atoms with van der Waals surface area (Å²) < 4.78 is 5.90. The lowest BCUT2D eigenvalue weighted by Crippen LogP contribution is -2.50. The maximum atomic E-state index is 12.8. The molecule has 0 spiro atoms. The highest BCUT2D eigenvalue weighted by Crippen LogP contribution is 2.28. The van der Waals surface area contributed by atoms with Crippen LogP contribution in [0.5, 0.6) is 5.75 Å². The second-order valence-corrected chi connectivity index (χ2v) is 8.57. The van der Waals surface area contributed by atoms with Gasteiger partial charge in [-0.1, -0.05) is 35.9 Å². The van der Waals surface area contributed by atoms with E-state index in [1.807, 2.05) is 48.5 Å². The van der Waals surface area contributed by atoms with Crippen molar-refractivity contribution in [3.63, 3.8) is 0 Å². The molecule has 0 atom stereocenters. The molecular formula is C23H22ClN3O3S. The number of halogens is 1. The van der Waals surface area contributed by atoms with Crippen LogP contribution in [-0.2, 0) is 11.4 Å². The zero-order valence-corrected chi connectivity index (χ0v) is 18.7. The number of piperazine rings is 1. The summed E-state index contributed by atoms with van der Waals surface area (Å²) in [6.45, 7) is 4.17. The Labute approximate surface area is 190 Å². The number of thiazole rings is 1. The first kappa shape index (κ1) is 21.3. The normalized spacial score (nSPS) is 13.9. The van der Waals surface area contributed by atoms with E-state index < -0.39 is 0 Å². The molecule has 6 nitrogen and oxygen atoms in total. The van der Waals surface area contributed by atoms with E-state index in [2.05, 4.69) is 4.98 Å². The summed E-state index contributed by atoms with van der Waals surface area (Å²) in [5.74, 6) is 0.679. The first-order valence-corrected chi connectivity index (χ1v) is 11.2. The maximum absolute atomic E-state index is 12.8. The van der Waals surface area contributed by atoms with Crippen molar-refractivity contribution in [3.05, 3.63) is 70.2 Å². The fourth-order valence-electron chi connectivity index (χ4n) is 3.36. The Balaban J connectivity index is 1.40. The van der Waals surface area contributed by atoms with E-state index in [9.17, 15) is 9.59 Å². The minimum atomic E-state index is -0.0964. The molecule has 0 saturated carbocycles. The zero-order chi connectivity index (χ0) is 21.8. The molecule has 0 radical (unpaired) electrons. The van der Waals surface area contributed by atoms with Crippen molar-refractivity contribution in [3.8, 4) is 16.3 Å². The Morgan fingerprint density at radius 3 is 2.48 bits per heavy atom. The van der Waals surface area contributed by atoms with Gasteiger partial charge in [-0.2, -0.15) is 0 Å². The van der Waals surface area contributed by atoms with Crippen molar-refractivity contribution in [2.75, 3.05) is 26.2 Å². The number of carbonyl (C=O) groups excluding carboxylic acids is 2. The Morgan fingerprint density at radius 1 is 1.06 bits per heavy atom. The lowest BCUT2D eigenvalue weighted by Gasteiger charge is -2.33. The summed E-state index contributed by atoms with van der Waals surface area (Å²) in [6.07, 6.45) is 0. The quantitative estimate of drug-likeness (QED) is 0.574. The smallest absolute Gasteiger partial charge is 0.273 e. The van der Waals surface area contributed by atoms with Gasteiger partial charge in [0.05, 0.1) is 0 Å². The van der Waals surface area contributed by atoms with Gasteiger partial charge in [0.15, 0.2) is 0 Å². The van der Waals surface area contributed by atoms with Gasteiger partial charge in [-0.25, -0.2) is 4.98 Å². The molecule has 0 N–H and O–H groups in total. The molecule has 3 aromatic rings. The minimum absolute atomic E-state index is 0.0428. The average molecular weight is 456 g/mol. The van der Waals surface area contributed by atoms with Crippen LogP contribution >= 0.6 is 22.9 Å². The highest BCUT2D eigenvalue weighted by atomic mass is 35.5. The molecule has 0 aliphatic carbocycles. The molecule has 1 aliphatic rings. The molecule has 2 heterocycles. The van der Waals surface area contributed by atoms with Crippen molar-refractivity contribution in [2.24, 2.45) is 0 Å². The predicted octanol–water partition coefficient (Wildman–Crippen LogP) is 4.35. The van der Waals surface area contributed by atoms with Crippen LogP contribution in [0.4, 0.5) is 0 Å². The molecule has 2 aromatic carbocycles. The van der Waals surface area contributed by atoms with E-state index in [-0.39, 0.29) is 11.8 Å². The summed E-state index contributed by atoms with van der Waals surface area (Å²) in [4.78, 5) is 32.3. The molecule has 1 fully saturated rings. The Kier molecular flexibility index (Phi) is 6.53. The Hall–Kier alpha value is -2.90. The monoisotopic (exact) mass is 455 g/mol. The van der Waals surface area contributed by atoms with Gasteiger partial charge in [-0.3, -0.25) is 9.59 Å². The largest absolute Gasteiger partial charge is 0.489 e. The molecule has 160 valence electrons. The highest BCUT2D eigenvalue weighted by molar-refractivity contribution is 7.13. The third-order valence-electron chi connectivity index (χ3n) is 5.14. The number of benzene rings is 2. The number of amides is 2. The Bertz CT molecular complexity index is 1080. The number of hydrogen-bond donors (Lipinski definition) is 0. The number of aromatic nitrogens is 1. The fourth-order valence-corrected chi connectivity index (χ4v) is 4.27. The van der Waals surface area contributed by atoms with Crippen molar-refractivity contribution in [2.45, 2.75) is 13.5 Å². The van der Waals surface area contributed by atoms with Gasteiger partial charge >= 0.3 is 0 Å². The van der Waals surface area contributed by atoms with Gasteiger partial charge in [-0.15, -0.1) is 11.3 Å². The second kappa shape index (κ2) is 9.49. The number of hydrogen-bond acceptors (Lipinski definition) is 5. The molecule has 8 heteroatoms. The van der Waals surface area contributed by atoms with Crippen molar-refractivity contribution in [1.82, 2.24) is 14.8 Å². The average Bonchev–Trinajstić information content (AvgIpc) is 3.29. The predicted molar refractivity (Wildman–Crippen MR) is 121 cm³/mol. The van der Waals surface area contributed by atoms with Crippen LogP contribution in [0.15, 0.2) is 53.9 Å². The van der Waals surface area contributed by atoms with Gasteiger partial charge < -0.3 is 14.5 Å². The summed E-state index contributed by atoms with van der Waals surface area (Å²) in [6, 6.07) is 15.2. The topological polar surface area (TPSA) is 62.7 Å². The molecule has 0 bridgehead atoms. The van der Waals surface area contributed by atoms with E-state index in [1.54, 1.807) is 22.1 Å². The van der Waals surface area contributed by atoms with E-state index in [1.165, 1.54) is 11.3 Å². The summed E-state index contributed by atoms with van der Waals surface area (Å²) >= 11 is 7.35. The van der Waals surface area contributed by atoms with Crippen LogP contribution in [0, 0.1) is 0 Å². The number of nitrogens with zero attached hydrogens (tertiary/aromatic N) is 3. The van der Waals surface area contributed by atoms with Crippen molar-refractivity contribution in [1.29, 1.82) is 0 Å². The summed E-state index contributed by atoms with van der Waals surface area (Å²) in [5, 5.41) is 3.25. The summed E-state index contributed by atoms with van der Waals surface area (Å²) in [7, 11) is 0.